The Morgan fingerprint density at radius 3 is 2.13 bits per heavy atom. The van der Waals surface area contributed by atoms with Crippen LogP contribution in [0.2, 0.25) is 5.02 Å². The van der Waals surface area contributed by atoms with Crippen LogP contribution >= 0.6 is 11.6 Å². The fourth-order valence-electron chi connectivity index (χ4n) is 2.77. The van der Waals surface area contributed by atoms with Gasteiger partial charge in [-0.15, -0.1) is 0 Å². The topological polar surface area (TPSA) is 122 Å². The number of carbonyl (C=O) groups excluding carboxylic acids is 3. The number of nitrogens with one attached hydrogen (secondary N) is 2. The van der Waals surface area contributed by atoms with Crippen LogP contribution in [0.15, 0.2) is 24.3 Å². The SMILES string of the molecule is COC(=O)[C@@H](CCC(=O)O)NC(=O)[C@@H](NC(=O)C(C)(C)c1ccc(Cl)cc1)C(C)C. The molecule has 166 valence electrons. The van der Waals surface area contributed by atoms with Gasteiger partial charge in [0, 0.05) is 11.4 Å². The number of ether oxygens (including phenoxy) is 1. The fraction of sp³-hybridized carbons (Fsp3) is 0.524. The van der Waals surface area contributed by atoms with Crippen LogP contribution in [0.3, 0.4) is 0 Å². The average Bonchev–Trinajstić information content (AvgIpc) is 2.68. The van der Waals surface area contributed by atoms with Crippen LogP contribution in [0.5, 0.6) is 0 Å². The smallest absolute Gasteiger partial charge is 0.328 e. The number of carboxylic acids is 1. The highest BCUT2D eigenvalue weighted by atomic mass is 35.5. The minimum absolute atomic E-state index is 0.122. The quantitative estimate of drug-likeness (QED) is 0.480. The lowest BCUT2D eigenvalue weighted by Gasteiger charge is -2.30. The number of halogens is 1. The molecule has 0 aromatic heterocycles. The van der Waals surface area contributed by atoms with Gasteiger partial charge in [0.15, 0.2) is 0 Å². The normalized spacial score (nSPS) is 13.3. The second-order valence-corrected chi connectivity index (χ2v) is 8.28. The molecule has 0 unspecified atom stereocenters. The zero-order valence-electron chi connectivity index (χ0n) is 17.8. The fourth-order valence-corrected chi connectivity index (χ4v) is 2.90. The zero-order valence-corrected chi connectivity index (χ0v) is 18.6. The highest BCUT2D eigenvalue weighted by Crippen LogP contribution is 2.25. The highest BCUT2D eigenvalue weighted by molar-refractivity contribution is 6.30. The van der Waals surface area contributed by atoms with E-state index >= 15 is 0 Å². The Morgan fingerprint density at radius 2 is 1.67 bits per heavy atom. The van der Waals surface area contributed by atoms with Crippen LogP contribution in [0, 0.1) is 5.92 Å². The Kier molecular flexibility index (Phi) is 9.29. The Bertz CT molecular complexity index is 776. The number of aliphatic carboxylic acids is 1. The first-order valence-corrected chi connectivity index (χ1v) is 9.95. The monoisotopic (exact) mass is 440 g/mol. The number of hydrogen-bond donors (Lipinski definition) is 3. The minimum atomic E-state index is -1.12. The summed E-state index contributed by atoms with van der Waals surface area (Å²) >= 11 is 5.91. The second-order valence-electron chi connectivity index (χ2n) is 7.84. The summed E-state index contributed by atoms with van der Waals surface area (Å²) in [5.74, 6) is -3.10. The molecule has 0 saturated carbocycles. The number of carboxylic acid groups (broad SMARTS) is 1. The summed E-state index contributed by atoms with van der Waals surface area (Å²) in [4.78, 5) is 48.5. The molecule has 1 rings (SSSR count). The first-order valence-electron chi connectivity index (χ1n) is 9.57. The maximum Gasteiger partial charge on any atom is 0.328 e. The van der Waals surface area contributed by atoms with Crippen LogP contribution in [0.4, 0.5) is 0 Å². The third kappa shape index (κ3) is 7.02. The molecule has 9 heteroatoms. The molecule has 1 aromatic rings. The van der Waals surface area contributed by atoms with Gasteiger partial charge in [0.25, 0.3) is 0 Å². The summed E-state index contributed by atoms with van der Waals surface area (Å²) in [5.41, 5.74) is -0.218. The predicted molar refractivity (Wildman–Crippen MR) is 112 cm³/mol. The largest absolute Gasteiger partial charge is 0.481 e. The number of hydrogen-bond acceptors (Lipinski definition) is 5. The van der Waals surface area contributed by atoms with Crippen molar-refractivity contribution in [1.29, 1.82) is 0 Å². The number of amides is 2. The third-order valence-electron chi connectivity index (χ3n) is 4.82. The van der Waals surface area contributed by atoms with Crippen molar-refractivity contribution in [2.45, 2.75) is 58.0 Å². The van der Waals surface area contributed by atoms with Gasteiger partial charge < -0.3 is 20.5 Å². The zero-order chi connectivity index (χ0) is 23.1. The molecular formula is C21H29ClN2O6. The van der Waals surface area contributed by atoms with Gasteiger partial charge in [-0.3, -0.25) is 14.4 Å². The molecule has 3 N–H and O–H groups in total. The number of methoxy groups -OCH3 is 1. The van der Waals surface area contributed by atoms with Crippen LogP contribution in [-0.4, -0.2) is 48.1 Å². The van der Waals surface area contributed by atoms with Crippen molar-refractivity contribution < 1.29 is 29.0 Å². The van der Waals surface area contributed by atoms with Crippen LogP contribution < -0.4 is 10.6 Å². The molecule has 30 heavy (non-hydrogen) atoms. The van der Waals surface area contributed by atoms with E-state index in [1.165, 1.54) is 0 Å². The van der Waals surface area contributed by atoms with Crippen molar-refractivity contribution in [1.82, 2.24) is 10.6 Å². The van der Waals surface area contributed by atoms with Gasteiger partial charge in [-0.1, -0.05) is 37.6 Å². The molecule has 0 saturated heterocycles. The van der Waals surface area contributed by atoms with E-state index in [2.05, 4.69) is 15.4 Å². The molecule has 0 spiro atoms. The molecule has 0 heterocycles. The van der Waals surface area contributed by atoms with Gasteiger partial charge >= 0.3 is 11.9 Å². The van der Waals surface area contributed by atoms with Crippen molar-refractivity contribution >= 4 is 35.4 Å². The second kappa shape index (κ2) is 11.0. The summed E-state index contributed by atoms with van der Waals surface area (Å²) in [7, 11) is 1.15. The van der Waals surface area contributed by atoms with Crippen molar-refractivity contribution in [3.8, 4) is 0 Å². The number of carbonyl (C=O) groups is 4. The molecule has 0 bridgehead atoms. The van der Waals surface area contributed by atoms with Gasteiger partial charge in [-0.05, 0) is 43.9 Å². The van der Waals surface area contributed by atoms with E-state index in [1.807, 2.05) is 0 Å². The van der Waals surface area contributed by atoms with E-state index in [0.29, 0.717) is 5.02 Å². The lowest BCUT2D eigenvalue weighted by atomic mass is 9.83. The van der Waals surface area contributed by atoms with E-state index < -0.39 is 35.3 Å². The van der Waals surface area contributed by atoms with Crippen molar-refractivity contribution in [3.05, 3.63) is 34.9 Å². The van der Waals surface area contributed by atoms with Gasteiger partial charge in [0.05, 0.1) is 12.5 Å². The molecule has 0 aliphatic rings. The van der Waals surface area contributed by atoms with Gasteiger partial charge in [-0.2, -0.15) is 0 Å². The predicted octanol–water partition coefficient (Wildman–Crippen LogP) is 2.28. The molecule has 0 fully saturated rings. The Labute approximate surface area is 181 Å². The number of esters is 1. The van der Waals surface area contributed by atoms with Crippen molar-refractivity contribution in [2.75, 3.05) is 7.11 Å². The Balaban J connectivity index is 2.97. The number of rotatable bonds is 10. The van der Waals surface area contributed by atoms with E-state index in [1.54, 1.807) is 52.0 Å². The van der Waals surface area contributed by atoms with E-state index in [-0.39, 0.29) is 24.7 Å². The van der Waals surface area contributed by atoms with Crippen molar-refractivity contribution in [2.24, 2.45) is 5.92 Å². The summed E-state index contributed by atoms with van der Waals surface area (Å²) < 4.78 is 4.64. The summed E-state index contributed by atoms with van der Waals surface area (Å²) in [6.45, 7) is 6.96. The van der Waals surface area contributed by atoms with Gasteiger partial charge in [-0.25, -0.2) is 4.79 Å². The van der Waals surface area contributed by atoms with Crippen molar-refractivity contribution in [3.63, 3.8) is 0 Å². The molecule has 0 aliphatic carbocycles. The Hall–Kier alpha value is -2.61. The first kappa shape index (κ1) is 25.4. The molecule has 2 atom stereocenters. The van der Waals surface area contributed by atoms with Gasteiger partial charge in [0.1, 0.15) is 12.1 Å². The molecule has 2 amide bonds. The van der Waals surface area contributed by atoms with Crippen LogP contribution in [0.25, 0.3) is 0 Å². The van der Waals surface area contributed by atoms with E-state index in [9.17, 15) is 19.2 Å². The maximum absolute atomic E-state index is 13.0. The number of benzene rings is 1. The van der Waals surface area contributed by atoms with Crippen LogP contribution in [-0.2, 0) is 29.3 Å². The molecule has 0 aliphatic heterocycles. The lowest BCUT2D eigenvalue weighted by molar-refractivity contribution is -0.146. The van der Waals surface area contributed by atoms with E-state index in [4.69, 9.17) is 16.7 Å². The third-order valence-corrected chi connectivity index (χ3v) is 5.07. The average molecular weight is 441 g/mol. The van der Waals surface area contributed by atoms with Crippen LogP contribution in [0.1, 0.15) is 46.1 Å². The Morgan fingerprint density at radius 1 is 1.10 bits per heavy atom. The lowest BCUT2D eigenvalue weighted by Crippen LogP contribution is -2.56. The summed E-state index contributed by atoms with van der Waals surface area (Å²) in [5, 5.41) is 14.6. The molecule has 0 radical (unpaired) electrons. The molecule has 1 aromatic carbocycles. The van der Waals surface area contributed by atoms with E-state index in [0.717, 1.165) is 12.7 Å². The molecule has 8 nitrogen and oxygen atoms in total. The summed E-state index contributed by atoms with van der Waals surface area (Å²) in [6, 6.07) is 4.79. The standard InChI is InChI=1S/C21H29ClN2O6/c1-12(2)17(18(27)23-15(19(28)30-5)10-11-16(25)26)24-20(29)21(3,4)13-6-8-14(22)9-7-13/h6-9,12,15,17H,10-11H2,1-5H3,(H,23,27)(H,24,29)(H,25,26)/t15-,17+/m1/s1. The first-order chi connectivity index (χ1) is 13.9. The van der Waals surface area contributed by atoms with Gasteiger partial charge in [0.2, 0.25) is 11.8 Å². The highest BCUT2D eigenvalue weighted by Gasteiger charge is 2.35. The summed E-state index contributed by atoms with van der Waals surface area (Å²) in [6.07, 6.45) is -0.439. The molecular weight excluding hydrogens is 412 g/mol. The maximum atomic E-state index is 13.0. The minimum Gasteiger partial charge on any atom is -0.481 e.